The minimum Gasteiger partial charge on any atom is -0.0842 e. The molecule has 1 aromatic carbocycles. The van der Waals surface area contributed by atoms with E-state index in [1.807, 2.05) is 6.07 Å². The maximum atomic E-state index is 3.29. The van der Waals surface area contributed by atoms with Gasteiger partial charge >= 0.3 is 0 Å². The highest BCUT2D eigenvalue weighted by molar-refractivity contribution is 14.1. The molecule has 0 bridgehead atoms. The Labute approximate surface area is 129 Å². The Morgan fingerprint density at radius 2 is 2.16 bits per heavy atom. The fourth-order valence-electron chi connectivity index (χ4n) is 2.84. The molecule has 0 spiro atoms. The molecule has 2 aliphatic carbocycles. The van der Waals surface area contributed by atoms with Crippen molar-refractivity contribution in [2.24, 2.45) is 0 Å². The summed E-state index contributed by atoms with van der Waals surface area (Å²) in [6, 6.07) is 12.6. The predicted molar refractivity (Wildman–Crippen MR) is 88.2 cm³/mol. The molecular formula is C18H17I. The maximum absolute atomic E-state index is 3.29. The third kappa shape index (κ3) is 2.79. The van der Waals surface area contributed by atoms with E-state index in [9.17, 15) is 0 Å². The average molecular weight is 360 g/mol. The Morgan fingerprint density at radius 1 is 1.21 bits per heavy atom. The van der Waals surface area contributed by atoms with Crippen molar-refractivity contribution in [1.29, 1.82) is 0 Å². The molecular weight excluding hydrogens is 343 g/mol. The molecule has 2 aliphatic rings. The van der Waals surface area contributed by atoms with Crippen LogP contribution in [0.15, 0.2) is 53.6 Å². The van der Waals surface area contributed by atoms with Crippen LogP contribution in [0, 0.1) is 12.1 Å². The molecule has 0 heterocycles. The molecule has 3 rings (SSSR count). The summed E-state index contributed by atoms with van der Waals surface area (Å²) in [5.41, 5.74) is 4.41. The van der Waals surface area contributed by atoms with Crippen molar-refractivity contribution in [2.75, 3.05) is 0 Å². The van der Waals surface area contributed by atoms with Gasteiger partial charge in [-0.05, 0) is 55.4 Å². The molecule has 1 heteroatoms. The van der Waals surface area contributed by atoms with Crippen LogP contribution in [-0.2, 0) is 3.42 Å². The smallest absolute Gasteiger partial charge is 0.0587 e. The summed E-state index contributed by atoms with van der Waals surface area (Å²) in [7, 11) is 0. The first-order valence-electron chi connectivity index (χ1n) is 6.91. The monoisotopic (exact) mass is 360 g/mol. The molecule has 19 heavy (non-hydrogen) atoms. The number of alkyl halides is 1. The normalized spacial score (nSPS) is 26.4. The summed E-state index contributed by atoms with van der Waals surface area (Å²) in [6.07, 6.45) is 15.1. The van der Waals surface area contributed by atoms with Crippen molar-refractivity contribution in [3.63, 3.8) is 0 Å². The molecule has 0 amide bonds. The first kappa shape index (κ1) is 13.0. The molecule has 0 radical (unpaired) electrons. The van der Waals surface area contributed by atoms with E-state index in [4.69, 9.17) is 0 Å². The van der Waals surface area contributed by atoms with E-state index in [0.717, 1.165) is 6.42 Å². The first-order chi connectivity index (χ1) is 9.28. The summed E-state index contributed by atoms with van der Waals surface area (Å²) in [5.74, 6) is 0. The Kier molecular flexibility index (Phi) is 3.79. The predicted octanol–water partition coefficient (Wildman–Crippen LogP) is 5.30. The van der Waals surface area contributed by atoms with E-state index in [2.05, 4.69) is 71.2 Å². The van der Waals surface area contributed by atoms with Crippen LogP contribution in [-0.4, -0.2) is 0 Å². The maximum Gasteiger partial charge on any atom is 0.0587 e. The van der Waals surface area contributed by atoms with Crippen molar-refractivity contribution >= 4 is 22.6 Å². The van der Waals surface area contributed by atoms with Crippen molar-refractivity contribution in [2.45, 2.75) is 35.5 Å². The zero-order valence-electron chi connectivity index (χ0n) is 11.0. The van der Waals surface area contributed by atoms with Gasteiger partial charge in [-0.1, -0.05) is 65.1 Å². The van der Waals surface area contributed by atoms with Gasteiger partial charge < -0.3 is 0 Å². The van der Waals surface area contributed by atoms with Crippen LogP contribution in [0.4, 0.5) is 0 Å². The zero-order chi connectivity index (χ0) is 13.1. The summed E-state index contributed by atoms with van der Waals surface area (Å²) < 4.78 is 0.212. The highest BCUT2D eigenvalue weighted by atomic mass is 127. The van der Waals surface area contributed by atoms with Crippen molar-refractivity contribution in [3.05, 3.63) is 71.3 Å². The quantitative estimate of drug-likeness (QED) is 0.496. The fourth-order valence-corrected chi connectivity index (χ4v) is 3.65. The third-order valence-electron chi connectivity index (χ3n) is 4.02. The second-order valence-corrected chi connectivity index (χ2v) is 7.33. The number of allylic oxidation sites excluding steroid dienone is 6. The van der Waals surface area contributed by atoms with Crippen LogP contribution in [0.3, 0.4) is 0 Å². The lowest BCUT2D eigenvalue weighted by Crippen LogP contribution is -2.20. The minimum absolute atomic E-state index is 0.212. The van der Waals surface area contributed by atoms with Gasteiger partial charge in [-0.25, -0.2) is 0 Å². The van der Waals surface area contributed by atoms with E-state index in [1.54, 1.807) is 11.1 Å². The lowest BCUT2D eigenvalue weighted by Gasteiger charge is -2.31. The van der Waals surface area contributed by atoms with Gasteiger partial charge in [0.15, 0.2) is 0 Å². The molecule has 0 fully saturated rings. The Bertz CT molecular complexity index is 536. The molecule has 0 nitrogen and oxygen atoms in total. The summed E-state index contributed by atoms with van der Waals surface area (Å²) in [5, 5.41) is 0. The molecule has 0 aromatic heterocycles. The van der Waals surface area contributed by atoms with Gasteiger partial charge in [0.25, 0.3) is 0 Å². The summed E-state index contributed by atoms with van der Waals surface area (Å²) in [4.78, 5) is 0. The highest BCUT2D eigenvalue weighted by Crippen LogP contribution is 2.45. The molecule has 1 aromatic rings. The van der Waals surface area contributed by atoms with Crippen LogP contribution < -0.4 is 0 Å². The van der Waals surface area contributed by atoms with Crippen LogP contribution in [0.5, 0.6) is 0 Å². The van der Waals surface area contributed by atoms with Crippen molar-refractivity contribution in [1.82, 2.24) is 0 Å². The van der Waals surface area contributed by atoms with Gasteiger partial charge in [0, 0.05) is 5.56 Å². The van der Waals surface area contributed by atoms with E-state index < -0.39 is 0 Å². The van der Waals surface area contributed by atoms with E-state index in [1.165, 1.54) is 31.2 Å². The lowest BCUT2D eigenvalue weighted by molar-refractivity contribution is 0.573. The number of halogens is 1. The Balaban J connectivity index is 1.80. The molecule has 1 atom stereocenters. The molecule has 0 saturated carbocycles. The zero-order valence-corrected chi connectivity index (χ0v) is 13.1. The molecule has 0 saturated heterocycles. The second-order valence-electron chi connectivity index (χ2n) is 5.27. The van der Waals surface area contributed by atoms with Crippen LogP contribution in [0.25, 0.3) is 0 Å². The highest BCUT2D eigenvalue weighted by Gasteiger charge is 2.31. The van der Waals surface area contributed by atoms with Crippen molar-refractivity contribution in [3.8, 4) is 0 Å². The SMILES string of the molecule is I[C@]1(c2c#cccc2)CC=C(C2=CC=CCC2)CC1. The largest absolute Gasteiger partial charge is 0.0842 e. The molecule has 0 N–H and O–H groups in total. The van der Waals surface area contributed by atoms with Gasteiger partial charge in [-0.2, -0.15) is 0 Å². The van der Waals surface area contributed by atoms with Gasteiger partial charge in [0.1, 0.15) is 0 Å². The summed E-state index contributed by atoms with van der Waals surface area (Å²) >= 11 is 2.61. The van der Waals surface area contributed by atoms with Gasteiger partial charge in [0.05, 0.1) is 3.42 Å². The standard InChI is InChI=1S/C18H17I/c19-18(17-9-5-2-6-10-17)13-11-16(12-14-18)15-7-3-1-4-8-15/h1-3,5,7,9,11H,4,8,12-14H2/t18-/m1/s1. The molecule has 96 valence electrons. The van der Waals surface area contributed by atoms with E-state index in [0.29, 0.717) is 0 Å². The van der Waals surface area contributed by atoms with E-state index in [-0.39, 0.29) is 3.42 Å². The van der Waals surface area contributed by atoms with Crippen LogP contribution in [0.1, 0.15) is 37.7 Å². The van der Waals surface area contributed by atoms with Crippen LogP contribution in [0.2, 0.25) is 0 Å². The average Bonchev–Trinajstić information content (AvgIpc) is 2.50. The first-order valence-corrected chi connectivity index (χ1v) is 7.99. The topological polar surface area (TPSA) is 0 Å². The summed E-state index contributed by atoms with van der Waals surface area (Å²) in [6.45, 7) is 0. The number of hydrogen-bond acceptors (Lipinski definition) is 0. The van der Waals surface area contributed by atoms with Crippen molar-refractivity contribution < 1.29 is 0 Å². The molecule has 0 unspecified atom stereocenters. The minimum atomic E-state index is 0.212. The van der Waals surface area contributed by atoms with Gasteiger partial charge in [-0.3, -0.25) is 0 Å². The van der Waals surface area contributed by atoms with Gasteiger partial charge in [0.2, 0.25) is 0 Å². The Morgan fingerprint density at radius 3 is 2.79 bits per heavy atom. The number of hydrogen-bond donors (Lipinski definition) is 0. The third-order valence-corrected chi connectivity index (χ3v) is 5.58. The second kappa shape index (κ2) is 5.54. The molecule has 0 aliphatic heterocycles. The van der Waals surface area contributed by atoms with Gasteiger partial charge in [-0.15, -0.1) is 0 Å². The lowest BCUT2D eigenvalue weighted by atomic mass is 9.81. The number of rotatable bonds is 2. The van der Waals surface area contributed by atoms with E-state index >= 15 is 0 Å². The Hall–Kier alpha value is -1.01. The fraction of sp³-hybridized carbons (Fsp3) is 0.333. The van der Waals surface area contributed by atoms with Crippen LogP contribution >= 0.6 is 22.6 Å².